The van der Waals surface area contributed by atoms with Crippen molar-refractivity contribution < 1.29 is 19.7 Å². The van der Waals surface area contributed by atoms with Crippen molar-refractivity contribution in [1.29, 1.82) is 0 Å². The Morgan fingerprint density at radius 2 is 1.86 bits per heavy atom. The van der Waals surface area contributed by atoms with Gasteiger partial charge in [-0.05, 0) is 68.2 Å². The molecule has 3 aliphatic carbocycles. The van der Waals surface area contributed by atoms with E-state index in [-0.39, 0.29) is 17.9 Å². The van der Waals surface area contributed by atoms with E-state index in [1.165, 1.54) is 12.8 Å². The predicted octanol–water partition coefficient (Wildman–Crippen LogP) is 2.95. The van der Waals surface area contributed by atoms with E-state index in [0.29, 0.717) is 25.1 Å². The molecule has 2 aromatic carbocycles. The van der Waals surface area contributed by atoms with E-state index in [0.717, 1.165) is 48.5 Å². The lowest BCUT2D eigenvalue weighted by Crippen LogP contribution is -2.76. The Balaban J connectivity index is 1.30. The first-order chi connectivity index (χ1) is 17.0. The summed E-state index contributed by atoms with van der Waals surface area (Å²) in [7, 11) is 0. The maximum Gasteiger partial charge on any atom is 0.254 e. The summed E-state index contributed by atoms with van der Waals surface area (Å²) in [5.74, 6) is 0.593. The van der Waals surface area contributed by atoms with Gasteiger partial charge in [0, 0.05) is 30.1 Å². The quantitative estimate of drug-likeness (QED) is 0.716. The maximum absolute atomic E-state index is 13.9. The number of carbonyl (C=O) groups is 1. The summed E-state index contributed by atoms with van der Waals surface area (Å²) >= 11 is 0. The highest BCUT2D eigenvalue weighted by Gasteiger charge is 2.83. The zero-order valence-electron chi connectivity index (χ0n) is 19.9. The first-order valence-electron chi connectivity index (χ1n) is 13.3. The van der Waals surface area contributed by atoms with Crippen LogP contribution in [0.3, 0.4) is 0 Å². The molecule has 4 bridgehead atoms. The molecular formula is C29H32N2O4. The number of fused-ring (bicyclic) bond motifs is 1. The van der Waals surface area contributed by atoms with Gasteiger partial charge in [0.15, 0.2) is 0 Å². The normalized spacial score (nSPS) is 41.1. The van der Waals surface area contributed by atoms with E-state index in [1.807, 2.05) is 36.4 Å². The minimum Gasteiger partial charge on any atom is -0.508 e. The average molecular weight is 473 g/mol. The fraction of sp³-hybridized carbons (Fsp3) is 0.552. The number of hydrogen-bond donors (Lipinski definition) is 2. The van der Waals surface area contributed by atoms with Crippen LogP contribution in [0.25, 0.3) is 0 Å². The number of hydrogen-bond acceptors (Lipinski definition) is 5. The second kappa shape index (κ2) is 6.67. The van der Waals surface area contributed by atoms with Crippen molar-refractivity contribution in [2.24, 2.45) is 11.8 Å². The Hall–Kier alpha value is -2.41. The third-order valence-corrected chi connectivity index (χ3v) is 10.4. The smallest absolute Gasteiger partial charge is 0.254 e. The number of amides is 1. The summed E-state index contributed by atoms with van der Waals surface area (Å²) in [6.07, 6.45) is 4.80. The van der Waals surface area contributed by atoms with E-state index in [9.17, 15) is 15.0 Å². The molecule has 8 rings (SSSR count). The number of aliphatic hydroxyl groups is 1. The van der Waals surface area contributed by atoms with Crippen LogP contribution in [-0.2, 0) is 27.9 Å². The van der Waals surface area contributed by atoms with Crippen LogP contribution in [0.4, 0.5) is 0 Å². The van der Waals surface area contributed by atoms with Crippen molar-refractivity contribution in [1.82, 2.24) is 9.80 Å². The van der Waals surface area contributed by atoms with Gasteiger partial charge in [0.25, 0.3) is 5.91 Å². The molecule has 0 aromatic heterocycles. The fourth-order valence-electron chi connectivity index (χ4n) is 8.98. The number of aromatic hydroxyl groups is 1. The summed E-state index contributed by atoms with van der Waals surface area (Å²) in [6.45, 7) is 2.39. The molecule has 6 nitrogen and oxygen atoms in total. The molecule has 2 aromatic rings. The lowest BCUT2D eigenvalue weighted by molar-refractivity contribution is -0.224. The molecule has 2 N–H and O–H groups in total. The zero-order chi connectivity index (χ0) is 23.6. The van der Waals surface area contributed by atoms with E-state index < -0.39 is 22.8 Å². The molecule has 182 valence electrons. The number of rotatable bonds is 4. The van der Waals surface area contributed by atoms with Crippen molar-refractivity contribution in [3.63, 3.8) is 0 Å². The number of benzene rings is 2. The lowest BCUT2D eigenvalue weighted by atomic mass is 9.45. The molecule has 6 aliphatic rings. The highest BCUT2D eigenvalue weighted by molar-refractivity contribution is 5.87. The third kappa shape index (κ3) is 2.39. The minimum absolute atomic E-state index is 0.0967. The highest BCUT2D eigenvalue weighted by Crippen LogP contribution is 2.73. The molecule has 3 aliphatic heterocycles. The van der Waals surface area contributed by atoms with Crippen molar-refractivity contribution in [2.45, 2.75) is 74.0 Å². The van der Waals surface area contributed by atoms with Gasteiger partial charge in [0.1, 0.15) is 17.6 Å². The van der Waals surface area contributed by atoms with Gasteiger partial charge >= 0.3 is 0 Å². The van der Waals surface area contributed by atoms with Gasteiger partial charge in [0.2, 0.25) is 0 Å². The molecule has 2 saturated carbocycles. The molecule has 1 amide bonds. The molecule has 35 heavy (non-hydrogen) atoms. The number of phenolic OH excluding ortho intramolecular Hbond substituents is 1. The first kappa shape index (κ1) is 20.7. The van der Waals surface area contributed by atoms with Crippen LogP contribution in [0, 0.1) is 11.8 Å². The summed E-state index contributed by atoms with van der Waals surface area (Å²) in [5.41, 5.74) is 0.735. The topological polar surface area (TPSA) is 73.2 Å². The van der Waals surface area contributed by atoms with Crippen LogP contribution in [-0.4, -0.2) is 62.5 Å². The summed E-state index contributed by atoms with van der Waals surface area (Å²) in [4.78, 5) is 18.3. The van der Waals surface area contributed by atoms with Crippen LogP contribution in [0.15, 0.2) is 48.5 Å². The second-order valence-corrected chi connectivity index (χ2v) is 11.9. The summed E-state index contributed by atoms with van der Waals surface area (Å²) in [5, 5.41) is 23.7. The SMILES string of the molecule is O=C1[C@H]2O[C@@]34CC[C@](O)([C@@H]2[C@@]32CCN(CC3CC3)[C@@H]4Cc3cccc(O)c32)N1Cc1ccccc1. The molecule has 3 heterocycles. The molecular weight excluding hydrogens is 440 g/mol. The van der Waals surface area contributed by atoms with Crippen LogP contribution >= 0.6 is 0 Å². The standard InChI is InChI=1S/C29H32N2O4/c32-21-8-4-7-20-15-22-28-11-12-29(34)25(27(28,23(20)21)13-14-30(22)16-19-9-10-19)24(35-28)26(33)31(29)17-18-5-2-1-3-6-18/h1-8,19,22,24-25,32,34H,9-17H2/t22-,24+,25+,27+,28-,29+/m1/s1. The third-order valence-electron chi connectivity index (χ3n) is 10.4. The maximum atomic E-state index is 13.9. The molecule has 0 unspecified atom stereocenters. The Morgan fingerprint density at radius 3 is 2.66 bits per heavy atom. The second-order valence-electron chi connectivity index (χ2n) is 11.9. The number of piperidine rings is 1. The fourth-order valence-corrected chi connectivity index (χ4v) is 8.98. The highest BCUT2D eigenvalue weighted by atomic mass is 16.5. The van der Waals surface area contributed by atoms with Crippen LogP contribution < -0.4 is 0 Å². The summed E-state index contributed by atoms with van der Waals surface area (Å²) < 4.78 is 7.01. The van der Waals surface area contributed by atoms with Gasteiger partial charge in [-0.15, -0.1) is 0 Å². The van der Waals surface area contributed by atoms with Crippen molar-refractivity contribution in [2.75, 3.05) is 13.1 Å². The van der Waals surface area contributed by atoms with Crippen LogP contribution in [0.2, 0.25) is 0 Å². The first-order valence-corrected chi connectivity index (χ1v) is 13.3. The number of nitrogens with zero attached hydrogens (tertiary/aromatic N) is 2. The Morgan fingerprint density at radius 1 is 1.03 bits per heavy atom. The largest absolute Gasteiger partial charge is 0.508 e. The van der Waals surface area contributed by atoms with E-state index in [2.05, 4.69) is 11.0 Å². The van der Waals surface area contributed by atoms with Crippen molar-refractivity contribution in [3.05, 3.63) is 65.2 Å². The van der Waals surface area contributed by atoms with Gasteiger partial charge in [-0.1, -0.05) is 42.5 Å². The Kier molecular flexibility index (Phi) is 3.95. The van der Waals surface area contributed by atoms with E-state index >= 15 is 0 Å². The number of phenols is 1. The molecule has 5 fully saturated rings. The average Bonchev–Trinajstić information content (AvgIpc) is 3.59. The molecule has 0 radical (unpaired) electrons. The van der Waals surface area contributed by atoms with Crippen molar-refractivity contribution in [3.8, 4) is 5.75 Å². The molecule has 6 heteroatoms. The Bertz CT molecular complexity index is 1230. The lowest BCUT2D eigenvalue weighted by Gasteiger charge is -2.66. The van der Waals surface area contributed by atoms with Gasteiger partial charge in [0.05, 0.1) is 11.5 Å². The van der Waals surface area contributed by atoms with Crippen LogP contribution in [0.5, 0.6) is 5.75 Å². The monoisotopic (exact) mass is 472 g/mol. The molecule has 3 saturated heterocycles. The van der Waals surface area contributed by atoms with E-state index in [1.54, 1.807) is 11.0 Å². The van der Waals surface area contributed by atoms with Gasteiger partial charge in [-0.2, -0.15) is 0 Å². The summed E-state index contributed by atoms with van der Waals surface area (Å²) in [6, 6.07) is 15.9. The predicted molar refractivity (Wildman–Crippen MR) is 128 cm³/mol. The zero-order valence-corrected chi connectivity index (χ0v) is 19.9. The number of ether oxygens (including phenoxy) is 1. The van der Waals surface area contributed by atoms with Gasteiger partial charge < -0.3 is 19.8 Å². The molecule has 0 spiro atoms. The van der Waals surface area contributed by atoms with Crippen LogP contribution in [0.1, 0.15) is 48.8 Å². The minimum atomic E-state index is -1.28. The van der Waals surface area contributed by atoms with E-state index in [4.69, 9.17) is 4.74 Å². The van der Waals surface area contributed by atoms with Crippen molar-refractivity contribution >= 4 is 5.91 Å². The molecule has 6 atom stereocenters. The van der Waals surface area contributed by atoms with Gasteiger partial charge in [-0.3, -0.25) is 9.69 Å². The number of carbonyl (C=O) groups excluding carboxylic acids is 1. The number of likely N-dealkylation sites (tertiary alicyclic amines) is 2. The Labute approximate surface area is 205 Å². The van der Waals surface area contributed by atoms with Gasteiger partial charge in [-0.25, -0.2) is 0 Å².